The largest absolute Gasteiger partial charge is 0.462 e. The predicted octanol–water partition coefficient (Wildman–Crippen LogP) is 5.29. The molecule has 4 aliphatic rings. The Labute approximate surface area is 436 Å². The highest BCUT2D eigenvalue weighted by Gasteiger charge is 2.53. The van der Waals surface area contributed by atoms with Crippen LogP contribution in [0.3, 0.4) is 0 Å². The van der Waals surface area contributed by atoms with Gasteiger partial charge < -0.3 is 50.8 Å². The van der Waals surface area contributed by atoms with E-state index in [1.54, 1.807) is 39.3 Å². The van der Waals surface area contributed by atoms with E-state index in [9.17, 15) is 24.0 Å². The standard InChI is InChI=1S/C55H82N8O11/c1-39(2)43(45(65)59-51(3,4)50(70)74-37-36-73-35-34-72-33-32-71-5)58-46(66)52(23-11-6-12-24-52)61-48(68)54(27-15-8-16-28-54)63-49(69)55(29-17-9-18-30-55)62-47(67)53(25-13-7-14-26-53)60-44(64)40-21-22-42(57-38-40)41-20-10-19-31-56-41/h10,19-22,31,38-39,43H,6-9,11-18,23-30,32-37H2,1-5H3,(H,58,66)(H,59,65)(H,60,64)(H,61,68)(H,62,67)(H,63,69)/t43-/m0/s1. The summed E-state index contributed by atoms with van der Waals surface area (Å²) in [5.74, 6) is -3.99. The van der Waals surface area contributed by atoms with Gasteiger partial charge in [0.05, 0.1) is 50.0 Å². The molecule has 0 spiro atoms. The monoisotopic (exact) mass is 1030 g/mol. The number of rotatable bonds is 24. The van der Waals surface area contributed by atoms with Gasteiger partial charge in [0.25, 0.3) is 5.91 Å². The van der Waals surface area contributed by atoms with Crippen LogP contribution in [0.25, 0.3) is 11.4 Å². The van der Waals surface area contributed by atoms with Gasteiger partial charge in [-0.2, -0.15) is 0 Å². The van der Waals surface area contributed by atoms with E-state index in [2.05, 4.69) is 41.9 Å². The van der Waals surface area contributed by atoms with E-state index < -0.39 is 81.1 Å². The van der Waals surface area contributed by atoms with Crippen LogP contribution in [0.1, 0.15) is 166 Å². The number of hydrogen-bond donors (Lipinski definition) is 6. The van der Waals surface area contributed by atoms with Crippen LogP contribution in [0, 0.1) is 5.92 Å². The molecule has 19 nitrogen and oxygen atoms in total. The number of esters is 1. The third-order valence-corrected chi connectivity index (χ3v) is 15.4. The molecule has 4 saturated carbocycles. The molecule has 4 aliphatic carbocycles. The Morgan fingerprint density at radius 3 is 1.43 bits per heavy atom. The summed E-state index contributed by atoms with van der Waals surface area (Å²) < 4.78 is 21.2. The van der Waals surface area contributed by atoms with E-state index in [1.165, 1.54) is 20.0 Å². The Balaban J connectivity index is 1.14. The Morgan fingerprint density at radius 1 is 0.554 bits per heavy atom. The molecular formula is C55H82N8O11. The summed E-state index contributed by atoms with van der Waals surface area (Å²) in [7, 11) is 1.59. The van der Waals surface area contributed by atoms with Crippen LogP contribution in [-0.4, -0.2) is 132 Å². The molecule has 19 heteroatoms. The van der Waals surface area contributed by atoms with E-state index in [1.807, 2.05) is 18.2 Å². The maximum atomic E-state index is 15.1. The molecule has 74 heavy (non-hydrogen) atoms. The minimum Gasteiger partial charge on any atom is -0.462 e. The topological polar surface area (TPSA) is 254 Å². The lowest BCUT2D eigenvalue weighted by atomic mass is 9.74. The molecular weight excluding hydrogens is 949 g/mol. The van der Waals surface area contributed by atoms with Gasteiger partial charge >= 0.3 is 5.97 Å². The third kappa shape index (κ3) is 14.9. The summed E-state index contributed by atoms with van der Waals surface area (Å²) in [4.78, 5) is 110. The van der Waals surface area contributed by atoms with Gasteiger partial charge in [0.1, 0.15) is 40.3 Å². The fourth-order valence-corrected chi connectivity index (χ4v) is 10.8. The molecule has 6 amide bonds. The number of nitrogens with one attached hydrogen (secondary N) is 6. The molecule has 1 atom stereocenters. The number of carbonyl (C=O) groups is 7. The summed E-state index contributed by atoms with van der Waals surface area (Å²) in [6.45, 7) is 8.31. The molecule has 0 radical (unpaired) electrons. The van der Waals surface area contributed by atoms with Gasteiger partial charge in [-0.15, -0.1) is 0 Å². The first-order valence-corrected chi connectivity index (χ1v) is 27.1. The predicted molar refractivity (Wildman–Crippen MR) is 276 cm³/mol. The number of hydrogen-bond acceptors (Lipinski definition) is 13. The van der Waals surface area contributed by atoms with Crippen LogP contribution in [0.2, 0.25) is 0 Å². The number of carbonyl (C=O) groups excluding carboxylic acids is 7. The van der Waals surface area contributed by atoms with Crippen LogP contribution < -0.4 is 31.9 Å². The SMILES string of the molecule is COCCOCCOCCOC(=O)C(C)(C)NC(=O)[C@@H](NC(=O)C1(NC(=O)C2(NC(=O)C3(NC(=O)C4(NC(=O)c5ccc(-c6ccccn6)nc5)CCCCC4)CCCCC3)CCCCC2)CCCCC1)C(C)C. The highest BCUT2D eigenvalue weighted by molar-refractivity contribution is 6.03. The molecule has 0 aromatic carbocycles. The molecule has 2 aromatic rings. The minimum atomic E-state index is -1.45. The molecule has 0 bridgehead atoms. The summed E-state index contributed by atoms with van der Waals surface area (Å²) in [6.07, 6.45) is 14.8. The van der Waals surface area contributed by atoms with Crippen molar-refractivity contribution in [3.8, 4) is 11.4 Å². The van der Waals surface area contributed by atoms with Gasteiger partial charge in [-0.3, -0.25) is 38.7 Å². The minimum absolute atomic E-state index is 0.0379. The second-order valence-electron chi connectivity index (χ2n) is 21.7. The van der Waals surface area contributed by atoms with Gasteiger partial charge in [-0.1, -0.05) is 97.0 Å². The zero-order valence-corrected chi connectivity index (χ0v) is 44.5. The lowest BCUT2D eigenvalue weighted by molar-refractivity contribution is -0.154. The van der Waals surface area contributed by atoms with Crippen molar-refractivity contribution in [1.29, 1.82) is 0 Å². The maximum absolute atomic E-state index is 15.1. The van der Waals surface area contributed by atoms with Gasteiger partial charge in [-0.05, 0) is 95.4 Å². The van der Waals surface area contributed by atoms with Gasteiger partial charge in [0.2, 0.25) is 29.5 Å². The number of amides is 6. The zero-order chi connectivity index (χ0) is 53.2. The quantitative estimate of drug-likeness (QED) is 0.0578. The molecule has 4 fully saturated rings. The average Bonchev–Trinajstić information content (AvgIpc) is 3.40. The number of aromatic nitrogens is 2. The molecule has 0 unspecified atom stereocenters. The molecule has 0 aliphatic heterocycles. The second kappa shape index (κ2) is 26.8. The summed E-state index contributed by atoms with van der Waals surface area (Å²) >= 11 is 0. The third-order valence-electron chi connectivity index (χ3n) is 15.4. The smallest absolute Gasteiger partial charge is 0.331 e. The van der Waals surface area contributed by atoms with E-state index in [4.69, 9.17) is 18.9 Å². The van der Waals surface area contributed by atoms with Crippen molar-refractivity contribution in [1.82, 2.24) is 41.9 Å². The lowest BCUT2D eigenvalue weighted by Crippen LogP contribution is -2.72. The van der Waals surface area contributed by atoms with Crippen molar-refractivity contribution in [2.45, 2.75) is 190 Å². The normalized spacial score (nSPS) is 19.4. The molecule has 2 aromatic heterocycles. The average molecular weight is 1030 g/mol. The van der Waals surface area contributed by atoms with E-state index >= 15 is 9.59 Å². The van der Waals surface area contributed by atoms with Crippen LogP contribution in [0.4, 0.5) is 0 Å². The number of pyridine rings is 2. The van der Waals surface area contributed by atoms with Gasteiger partial charge in [0, 0.05) is 19.5 Å². The lowest BCUT2D eigenvalue weighted by Gasteiger charge is -2.46. The fourth-order valence-electron chi connectivity index (χ4n) is 10.8. The van der Waals surface area contributed by atoms with Crippen LogP contribution in [0.15, 0.2) is 42.7 Å². The van der Waals surface area contributed by atoms with Crippen LogP contribution in [0.5, 0.6) is 0 Å². The van der Waals surface area contributed by atoms with Crippen molar-refractivity contribution in [3.63, 3.8) is 0 Å². The highest BCUT2D eigenvalue weighted by Crippen LogP contribution is 2.37. The first-order valence-electron chi connectivity index (χ1n) is 27.1. The first kappa shape index (κ1) is 57.7. The van der Waals surface area contributed by atoms with Crippen molar-refractivity contribution in [2.24, 2.45) is 5.92 Å². The van der Waals surface area contributed by atoms with Crippen LogP contribution in [-0.2, 0) is 47.7 Å². The van der Waals surface area contributed by atoms with Crippen molar-refractivity contribution < 1.29 is 52.5 Å². The number of nitrogens with zero attached hydrogens (tertiary/aromatic N) is 2. The first-order chi connectivity index (χ1) is 35.5. The van der Waals surface area contributed by atoms with Gasteiger partial charge in [-0.25, -0.2) is 4.79 Å². The van der Waals surface area contributed by atoms with Crippen molar-refractivity contribution >= 4 is 41.4 Å². The number of ether oxygens (including phenoxy) is 4. The molecule has 408 valence electrons. The summed E-state index contributed by atoms with van der Waals surface area (Å²) in [5, 5.41) is 18.4. The number of methoxy groups -OCH3 is 1. The molecule has 2 heterocycles. The molecule has 6 N–H and O–H groups in total. The summed E-state index contributed by atoms with van der Waals surface area (Å²) in [5.41, 5.74) is -5.29. The Morgan fingerprint density at radius 2 is 1.00 bits per heavy atom. The van der Waals surface area contributed by atoms with Crippen molar-refractivity contribution in [2.75, 3.05) is 46.8 Å². The van der Waals surface area contributed by atoms with E-state index in [0.717, 1.165) is 25.7 Å². The van der Waals surface area contributed by atoms with Crippen LogP contribution >= 0.6 is 0 Å². The molecule has 6 rings (SSSR count). The Kier molecular flexibility index (Phi) is 20.9. The fraction of sp³-hybridized carbons (Fsp3) is 0.691. The highest BCUT2D eigenvalue weighted by atomic mass is 16.6. The molecule has 0 saturated heterocycles. The zero-order valence-electron chi connectivity index (χ0n) is 44.5. The van der Waals surface area contributed by atoms with Crippen molar-refractivity contribution in [3.05, 3.63) is 48.3 Å². The maximum Gasteiger partial charge on any atom is 0.331 e. The summed E-state index contributed by atoms with van der Waals surface area (Å²) in [6, 6.07) is 7.82. The Hall–Kier alpha value is -5.53. The van der Waals surface area contributed by atoms with E-state index in [-0.39, 0.29) is 13.2 Å². The Bertz CT molecular complexity index is 2200. The second-order valence-corrected chi connectivity index (χ2v) is 21.7. The van der Waals surface area contributed by atoms with Gasteiger partial charge in [0.15, 0.2) is 0 Å². The van der Waals surface area contributed by atoms with E-state index in [0.29, 0.717) is 146 Å².